The third kappa shape index (κ3) is 5.16. The maximum Gasteiger partial charge on any atom is 0.335 e. The van der Waals surface area contributed by atoms with Crippen LogP contribution in [0, 0.1) is 0 Å². The van der Waals surface area contributed by atoms with E-state index in [1.807, 2.05) is 42.6 Å². The molecular formula is C34H37N3O5. The summed E-state index contributed by atoms with van der Waals surface area (Å²) in [5, 5.41) is 27.9. The maximum atomic E-state index is 12.8. The summed E-state index contributed by atoms with van der Waals surface area (Å²) in [4.78, 5) is 27.7. The van der Waals surface area contributed by atoms with Crippen LogP contribution in [-0.4, -0.2) is 51.9 Å². The van der Waals surface area contributed by atoms with Gasteiger partial charge in [0.25, 0.3) is 0 Å². The number of fused-ring (bicyclic) bond motifs is 3. The predicted molar refractivity (Wildman–Crippen MR) is 163 cm³/mol. The lowest BCUT2D eigenvalue weighted by molar-refractivity contribution is -0.120. The Morgan fingerprint density at radius 2 is 1.86 bits per heavy atom. The molecule has 5 N–H and O–H groups in total. The molecule has 6 rings (SSSR count). The van der Waals surface area contributed by atoms with Crippen molar-refractivity contribution in [2.75, 3.05) is 18.5 Å². The number of hydrogen-bond donors (Lipinski definition) is 5. The molecule has 0 saturated heterocycles. The monoisotopic (exact) mass is 567 g/mol. The molecule has 1 aromatic heterocycles. The Hall–Kier alpha value is -4.14. The molecule has 0 radical (unpaired) electrons. The lowest BCUT2D eigenvalue weighted by atomic mass is 9.79. The molecule has 1 fully saturated rings. The normalized spacial score (nSPS) is 16.5. The second-order valence-electron chi connectivity index (χ2n) is 12.3. The summed E-state index contributed by atoms with van der Waals surface area (Å²) in [5.41, 5.74) is 5.07. The minimum absolute atomic E-state index is 0.0631. The number of amides is 1. The van der Waals surface area contributed by atoms with Crippen molar-refractivity contribution in [2.45, 2.75) is 63.0 Å². The minimum Gasteiger partial charge on any atom is -0.490 e. The molecule has 218 valence electrons. The third-order valence-electron chi connectivity index (χ3n) is 8.75. The second-order valence-corrected chi connectivity index (χ2v) is 12.3. The molecule has 8 heteroatoms. The molecule has 1 atom stereocenters. The molecule has 1 amide bonds. The number of para-hydroxylation sites is 1. The van der Waals surface area contributed by atoms with Crippen LogP contribution in [0.5, 0.6) is 5.75 Å². The Bertz CT molecular complexity index is 1650. The molecule has 3 aromatic carbocycles. The van der Waals surface area contributed by atoms with E-state index in [0.29, 0.717) is 18.7 Å². The molecule has 1 unspecified atom stereocenters. The number of aromatic amines is 1. The van der Waals surface area contributed by atoms with E-state index in [0.717, 1.165) is 64.5 Å². The number of benzene rings is 3. The van der Waals surface area contributed by atoms with E-state index in [1.54, 1.807) is 18.2 Å². The Labute approximate surface area is 245 Å². The molecule has 4 aromatic rings. The molecule has 1 saturated carbocycles. The molecule has 2 aliphatic rings. The second kappa shape index (κ2) is 10.9. The van der Waals surface area contributed by atoms with E-state index < -0.39 is 17.5 Å². The number of carbonyl (C=O) groups is 2. The van der Waals surface area contributed by atoms with Gasteiger partial charge in [-0.1, -0.05) is 49.2 Å². The number of β-amino-alcohol motifs (C(OH)–C–C–N with tert-alkyl or cyclic N) is 1. The van der Waals surface area contributed by atoms with E-state index in [9.17, 15) is 19.8 Å². The molecule has 0 bridgehead atoms. The van der Waals surface area contributed by atoms with E-state index in [-0.39, 0.29) is 23.6 Å². The molecule has 2 heterocycles. The van der Waals surface area contributed by atoms with Crippen molar-refractivity contribution in [3.05, 3.63) is 83.6 Å². The number of ether oxygens (including phenoxy) is 1. The number of hydrogen-bond acceptors (Lipinski definition) is 5. The Kier molecular flexibility index (Phi) is 7.29. The van der Waals surface area contributed by atoms with Crippen LogP contribution in [0.25, 0.3) is 22.0 Å². The number of aromatic carboxylic acids is 1. The van der Waals surface area contributed by atoms with Crippen LogP contribution < -0.4 is 15.4 Å². The van der Waals surface area contributed by atoms with Crippen LogP contribution in [0.15, 0.2) is 66.9 Å². The minimum atomic E-state index is -0.950. The number of carbonyl (C=O) groups excluding carboxylic acids is 1. The summed E-state index contributed by atoms with van der Waals surface area (Å²) >= 11 is 0. The number of anilines is 1. The number of aromatic nitrogens is 1. The van der Waals surface area contributed by atoms with Crippen molar-refractivity contribution in [3.63, 3.8) is 0 Å². The third-order valence-corrected chi connectivity index (χ3v) is 8.75. The highest BCUT2D eigenvalue weighted by Crippen LogP contribution is 2.52. The zero-order valence-electron chi connectivity index (χ0n) is 24.0. The lowest BCUT2D eigenvalue weighted by Crippen LogP contribution is -2.46. The SMILES string of the molecule is CC(C)(Cc1c[nH]c2c(-c3cccc(C(=O)O)c3)cccc12)NCC(O)COc1cccc2c1C1(CCCC1)C(=O)N2. The van der Waals surface area contributed by atoms with Gasteiger partial charge < -0.3 is 30.6 Å². The number of carboxylic acids is 1. The van der Waals surface area contributed by atoms with Gasteiger partial charge in [0.15, 0.2) is 0 Å². The van der Waals surface area contributed by atoms with Gasteiger partial charge in [0.1, 0.15) is 18.5 Å². The first-order valence-electron chi connectivity index (χ1n) is 14.6. The van der Waals surface area contributed by atoms with E-state index in [2.05, 4.69) is 35.5 Å². The zero-order chi connectivity index (χ0) is 29.5. The maximum absolute atomic E-state index is 12.8. The standard InChI is InChI=1S/C34H37N3O5/c1-33(2,17-23-18-35-30-25(10-6-11-26(23)30)21-8-5-9-22(16-21)31(39)40)36-19-24(38)20-42-28-13-7-12-27-29(28)34(32(41)37-27)14-3-4-15-34/h5-13,16,18,24,35-36,38H,3-4,14-15,17,19-20H2,1-2H3,(H,37,41)(H,39,40). The number of aliphatic hydroxyl groups is 1. The van der Waals surface area contributed by atoms with Crippen LogP contribution in [0.1, 0.15) is 61.0 Å². The van der Waals surface area contributed by atoms with Gasteiger partial charge in [-0.2, -0.15) is 0 Å². The number of H-pyrrole nitrogens is 1. The molecule has 1 aliphatic carbocycles. The van der Waals surface area contributed by atoms with Gasteiger partial charge >= 0.3 is 5.97 Å². The van der Waals surface area contributed by atoms with Gasteiger partial charge in [-0.3, -0.25) is 4.79 Å². The molecule has 1 spiro atoms. The summed E-state index contributed by atoms with van der Waals surface area (Å²) in [6, 6.07) is 18.7. The highest BCUT2D eigenvalue weighted by atomic mass is 16.5. The lowest BCUT2D eigenvalue weighted by Gasteiger charge is -2.28. The van der Waals surface area contributed by atoms with Crippen LogP contribution >= 0.6 is 0 Å². The summed E-state index contributed by atoms with van der Waals surface area (Å²) in [5.74, 6) is -0.211. The van der Waals surface area contributed by atoms with Gasteiger partial charge in [0, 0.05) is 40.5 Å². The van der Waals surface area contributed by atoms with Crippen molar-refractivity contribution in [2.24, 2.45) is 0 Å². The van der Waals surface area contributed by atoms with Gasteiger partial charge in [-0.15, -0.1) is 0 Å². The predicted octanol–water partition coefficient (Wildman–Crippen LogP) is 5.65. The highest BCUT2D eigenvalue weighted by molar-refractivity contribution is 6.07. The Morgan fingerprint density at radius 1 is 1.10 bits per heavy atom. The van der Waals surface area contributed by atoms with E-state index in [4.69, 9.17) is 4.74 Å². The zero-order valence-corrected chi connectivity index (χ0v) is 24.0. The average Bonchev–Trinajstić information content (AvgIpc) is 3.70. The first-order valence-corrected chi connectivity index (χ1v) is 14.6. The molecule has 8 nitrogen and oxygen atoms in total. The topological polar surface area (TPSA) is 124 Å². The summed E-state index contributed by atoms with van der Waals surface area (Å²) in [6.07, 6.45) is 5.69. The van der Waals surface area contributed by atoms with Crippen molar-refractivity contribution in [1.82, 2.24) is 10.3 Å². The fraction of sp³-hybridized carbons (Fsp3) is 0.353. The summed E-state index contributed by atoms with van der Waals surface area (Å²) < 4.78 is 6.13. The number of nitrogens with one attached hydrogen (secondary N) is 3. The van der Waals surface area contributed by atoms with Crippen LogP contribution in [0.2, 0.25) is 0 Å². The van der Waals surface area contributed by atoms with E-state index in [1.165, 1.54) is 0 Å². The fourth-order valence-electron chi connectivity index (χ4n) is 6.66. The quantitative estimate of drug-likeness (QED) is 0.169. The fourth-order valence-corrected chi connectivity index (χ4v) is 6.66. The van der Waals surface area contributed by atoms with Gasteiger partial charge in [-0.05, 0) is 68.5 Å². The van der Waals surface area contributed by atoms with Gasteiger partial charge in [-0.25, -0.2) is 4.79 Å². The summed E-state index contributed by atoms with van der Waals surface area (Å²) in [6.45, 7) is 4.67. The smallest absolute Gasteiger partial charge is 0.335 e. The molecular weight excluding hydrogens is 530 g/mol. The first-order chi connectivity index (χ1) is 20.2. The molecule has 1 aliphatic heterocycles. The van der Waals surface area contributed by atoms with E-state index >= 15 is 0 Å². The van der Waals surface area contributed by atoms with Gasteiger partial charge in [0.2, 0.25) is 5.91 Å². The van der Waals surface area contributed by atoms with Crippen molar-refractivity contribution >= 4 is 28.5 Å². The van der Waals surface area contributed by atoms with Crippen molar-refractivity contribution < 1.29 is 24.5 Å². The van der Waals surface area contributed by atoms with Crippen LogP contribution in [0.3, 0.4) is 0 Å². The van der Waals surface area contributed by atoms with Crippen LogP contribution in [-0.2, 0) is 16.6 Å². The number of aliphatic hydroxyl groups excluding tert-OH is 1. The Morgan fingerprint density at radius 3 is 2.64 bits per heavy atom. The van der Waals surface area contributed by atoms with Gasteiger partial charge in [0.05, 0.1) is 16.5 Å². The Balaban J connectivity index is 1.11. The highest BCUT2D eigenvalue weighted by Gasteiger charge is 2.50. The van der Waals surface area contributed by atoms with Crippen molar-refractivity contribution in [1.29, 1.82) is 0 Å². The number of carboxylic acid groups (broad SMARTS) is 1. The summed E-state index contributed by atoms with van der Waals surface area (Å²) in [7, 11) is 0. The molecule has 42 heavy (non-hydrogen) atoms. The number of rotatable bonds is 10. The largest absolute Gasteiger partial charge is 0.490 e. The van der Waals surface area contributed by atoms with Crippen molar-refractivity contribution in [3.8, 4) is 16.9 Å². The average molecular weight is 568 g/mol. The first kappa shape index (κ1) is 28.0. The van der Waals surface area contributed by atoms with Crippen LogP contribution in [0.4, 0.5) is 5.69 Å².